The lowest BCUT2D eigenvalue weighted by Gasteiger charge is -2.41. The minimum Gasteiger partial charge on any atom is -0.387 e. The van der Waals surface area contributed by atoms with E-state index in [9.17, 15) is 52.6 Å². The van der Waals surface area contributed by atoms with Crippen LogP contribution in [-0.4, -0.2) is 111 Å². The number of halogens is 2. The fourth-order valence-electron chi connectivity index (χ4n) is 7.34. The van der Waals surface area contributed by atoms with Crippen LogP contribution in [0.15, 0.2) is 60.8 Å². The van der Waals surface area contributed by atoms with Crippen LogP contribution in [0.4, 0.5) is 8.78 Å². The van der Waals surface area contributed by atoms with Crippen molar-refractivity contribution in [2.45, 2.75) is 110 Å². The number of benzene rings is 2. The Morgan fingerprint density at radius 2 is 1.49 bits per heavy atom. The number of amides is 8. The lowest BCUT2D eigenvalue weighted by Crippen LogP contribution is -2.55. The summed E-state index contributed by atoms with van der Waals surface area (Å²) in [6, 6.07) is 9.61. The Labute approximate surface area is 386 Å². The van der Waals surface area contributed by atoms with Crippen molar-refractivity contribution in [1.82, 2.24) is 35.8 Å². The van der Waals surface area contributed by atoms with Gasteiger partial charge in [0.15, 0.2) is 0 Å². The number of nitrogens with one attached hydrogen (secondary N) is 4. The molecule has 67 heavy (non-hydrogen) atoms. The van der Waals surface area contributed by atoms with Crippen LogP contribution >= 0.6 is 0 Å². The van der Waals surface area contributed by atoms with Crippen LogP contribution in [-0.2, 0) is 54.5 Å². The molecule has 1 aliphatic heterocycles. The van der Waals surface area contributed by atoms with Crippen molar-refractivity contribution in [3.8, 4) is 11.1 Å². The molecule has 7 N–H and O–H groups in total. The molecule has 3 aromatic rings. The van der Waals surface area contributed by atoms with Crippen LogP contribution in [0.25, 0.3) is 11.1 Å². The Balaban J connectivity index is 1.32. The Morgan fingerprint density at radius 1 is 0.851 bits per heavy atom. The topological polar surface area (TPSA) is 269 Å². The quantitative estimate of drug-likeness (QED) is 0.0592. The van der Waals surface area contributed by atoms with E-state index in [0.717, 1.165) is 23.8 Å². The normalized spacial score (nSPS) is 14.4. The largest absolute Gasteiger partial charge is 0.387 e. The Hall–Kier alpha value is -7.03. The number of aliphatic hydroxyl groups excluding tert-OH is 1. The summed E-state index contributed by atoms with van der Waals surface area (Å²) in [6.07, 6.45) is 0.610. The van der Waals surface area contributed by atoms with Crippen molar-refractivity contribution in [3.05, 3.63) is 83.7 Å². The third kappa shape index (κ3) is 15.3. The first-order chi connectivity index (χ1) is 31.6. The van der Waals surface area contributed by atoms with E-state index in [2.05, 4.69) is 21.3 Å². The van der Waals surface area contributed by atoms with E-state index in [-0.39, 0.29) is 57.2 Å². The highest BCUT2D eigenvalue weighted by Gasteiger charge is 2.37. The van der Waals surface area contributed by atoms with Gasteiger partial charge in [-0.3, -0.25) is 38.4 Å². The molecule has 8 amide bonds. The van der Waals surface area contributed by atoms with Crippen molar-refractivity contribution >= 4 is 53.2 Å². The fourth-order valence-corrected chi connectivity index (χ4v) is 7.34. The summed E-state index contributed by atoms with van der Waals surface area (Å²) in [4.78, 5) is 118. The van der Waals surface area contributed by atoms with Gasteiger partial charge in [-0.15, -0.1) is 5.06 Å². The van der Waals surface area contributed by atoms with E-state index in [1.54, 1.807) is 12.3 Å². The average molecular weight is 937 g/mol. The fraction of sp³-hybridized carbons (Fsp3) is 0.457. The SMILES string of the molecule is C[C@H](NC(=O)CCCC(=O)ON1C(=O)CCC1=O)C(=O)N[C@@H](C)C(=O)N[C@@H](CC(=O)NCCCN(C(=O)CO)[C@@H](c1cc(-c2cc(F)ccc2F)cn1Cc1ccccc1)C(C)(C)C)C(N)=O. The molecular weight excluding hydrogens is 879 g/mol. The average Bonchev–Trinajstić information content (AvgIpc) is 3.81. The maximum atomic E-state index is 15.1. The molecule has 1 saturated heterocycles. The molecule has 0 aliphatic carbocycles. The first-order valence-electron chi connectivity index (χ1n) is 21.7. The first-order valence-corrected chi connectivity index (χ1v) is 21.7. The summed E-state index contributed by atoms with van der Waals surface area (Å²) in [7, 11) is 0. The number of aromatic nitrogens is 1. The maximum Gasteiger partial charge on any atom is 0.333 e. The lowest BCUT2D eigenvalue weighted by molar-refractivity contribution is -0.197. The highest BCUT2D eigenvalue weighted by molar-refractivity contribution is 6.01. The highest BCUT2D eigenvalue weighted by Crippen LogP contribution is 2.41. The van der Waals surface area contributed by atoms with E-state index >= 15 is 4.39 Å². The van der Waals surface area contributed by atoms with Gasteiger partial charge in [0.2, 0.25) is 35.4 Å². The number of hydrogen-bond donors (Lipinski definition) is 6. The van der Waals surface area contributed by atoms with E-state index < -0.39 is 107 Å². The molecule has 19 nitrogen and oxygen atoms in total. The maximum absolute atomic E-state index is 15.1. The molecular formula is C46H58F2N8O11. The second-order valence-corrected chi connectivity index (χ2v) is 17.2. The van der Waals surface area contributed by atoms with E-state index in [1.807, 2.05) is 55.7 Å². The minimum atomic E-state index is -1.50. The molecule has 1 fully saturated rings. The molecule has 1 aliphatic rings. The van der Waals surface area contributed by atoms with Crippen molar-refractivity contribution in [1.29, 1.82) is 0 Å². The minimum absolute atomic E-state index is 0.0180. The predicted octanol–water partition coefficient (Wildman–Crippen LogP) is 2.04. The molecule has 2 heterocycles. The summed E-state index contributed by atoms with van der Waals surface area (Å²) in [5.41, 5.74) is 6.69. The molecule has 0 unspecified atom stereocenters. The van der Waals surface area contributed by atoms with Gasteiger partial charge in [-0.05, 0) is 61.9 Å². The second kappa shape index (κ2) is 23.9. The standard InChI is InChI=1S/C46H58F2N8O11/c1-27(51-36(58)13-9-14-41(63)67-56-38(60)17-18-39(56)61)44(65)52-28(2)45(66)53-34(43(49)64)23-37(59)50-19-10-20-55(40(62)26-57)42(46(3,4)5)35-21-30(32-22-31(47)15-16-33(32)48)25-54(35)24-29-11-7-6-8-12-29/h6-8,11-12,15-16,21-22,25,27-28,34,42,57H,9-10,13-14,17-20,23-24,26H2,1-5H3,(H2,49,64)(H,50,59)(H,51,58)(H,52,65)(H,53,66)/t27-,28-,34-,42-/m0/s1. The Bertz CT molecular complexity index is 2300. The number of aliphatic hydroxyl groups is 1. The van der Waals surface area contributed by atoms with Gasteiger partial charge in [-0.2, -0.15) is 0 Å². The summed E-state index contributed by atoms with van der Waals surface area (Å²) in [5, 5.41) is 20.3. The molecule has 2 aromatic carbocycles. The lowest BCUT2D eigenvalue weighted by atomic mass is 9.83. The third-order valence-electron chi connectivity index (χ3n) is 10.7. The van der Waals surface area contributed by atoms with Crippen LogP contribution < -0.4 is 27.0 Å². The number of hydrogen-bond acceptors (Lipinski definition) is 11. The van der Waals surface area contributed by atoms with Crippen LogP contribution in [0.3, 0.4) is 0 Å². The molecule has 1 aromatic heterocycles. The van der Waals surface area contributed by atoms with Gasteiger partial charge in [0.1, 0.15) is 36.4 Å². The third-order valence-corrected chi connectivity index (χ3v) is 10.7. The van der Waals surface area contributed by atoms with Gasteiger partial charge in [0, 0.05) is 68.3 Å². The molecule has 0 radical (unpaired) electrons. The van der Waals surface area contributed by atoms with Crippen molar-refractivity contribution in [2.75, 3.05) is 19.7 Å². The molecule has 4 atom stereocenters. The van der Waals surface area contributed by atoms with Crippen molar-refractivity contribution in [3.63, 3.8) is 0 Å². The Morgan fingerprint density at radius 3 is 2.12 bits per heavy atom. The number of primary amides is 1. The molecule has 0 saturated carbocycles. The zero-order valence-electron chi connectivity index (χ0n) is 38.1. The zero-order chi connectivity index (χ0) is 49.6. The van der Waals surface area contributed by atoms with Gasteiger partial charge in [0.25, 0.3) is 11.8 Å². The highest BCUT2D eigenvalue weighted by atomic mass is 19.1. The molecule has 0 spiro atoms. The van der Waals surface area contributed by atoms with Crippen molar-refractivity contribution < 1.29 is 61.9 Å². The monoisotopic (exact) mass is 936 g/mol. The number of carbonyl (C=O) groups excluding carboxylic acids is 9. The summed E-state index contributed by atoms with van der Waals surface area (Å²) in [6.45, 7) is 7.79. The molecule has 0 bridgehead atoms. The molecule has 362 valence electrons. The first kappa shape index (κ1) is 52.6. The number of nitrogens with two attached hydrogens (primary N) is 1. The summed E-state index contributed by atoms with van der Waals surface area (Å²) in [5.74, 6) is -8.07. The van der Waals surface area contributed by atoms with E-state index in [4.69, 9.17) is 10.6 Å². The smallest absolute Gasteiger partial charge is 0.333 e. The van der Waals surface area contributed by atoms with Gasteiger partial charge in [-0.1, -0.05) is 51.1 Å². The second-order valence-electron chi connectivity index (χ2n) is 17.2. The Kier molecular flexibility index (Phi) is 18.8. The van der Waals surface area contributed by atoms with E-state index in [0.29, 0.717) is 22.9 Å². The molecule has 21 heteroatoms. The number of hydroxylamine groups is 2. The van der Waals surface area contributed by atoms with Crippen LogP contribution in [0.2, 0.25) is 0 Å². The van der Waals surface area contributed by atoms with E-state index in [1.165, 1.54) is 18.7 Å². The van der Waals surface area contributed by atoms with Crippen LogP contribution in [0.1, 0.15) is 96.9 Å². The summed E-state index contributed by atoms with van der Waals surface area (Å²) >= 11 is 0. The zero-order valence-corrected chi connectivity index (χ0v) is 38.1. The number of carbonyl (C=O) groups is 9. The van der Waals surface area contributed by atoms with Crippen LogP contribution in [0.5, 0.6) is 0 Å². The number of nitrogens with zero attached hydrogens (tertiary/aromatic N) is 3. The van der Waals surface area contributed by atoms with Gasteiger partial charge in [-0.25, -0.2) is 13.6 Å². The number of rotatable bonds is 23. The van der Waals surface area contributed by atoms with Gasteiger partial charge >= 0.3 is 5.97 Å². The summed E-state index contributed by atoms with van der Waals surface area (Å²) < 4.78 is 31.3. The van der Waals surface area contributed by atoms with Gasteiger partial charge in [0.05, 0.1) is 12.5 Å². The predicted molar refractivity (Wildman–Crippen MR) is 236 cm³/mol. The van der Waals surface area contributed by atoms with Crippen LogP contribution in [0, 0.1) is 17.0 Å². The number of imide groups is 1. The van der Waals surface area contributed by atoms with Gasteiger partial charge < -0.3 is 46.4 Å². The molecule has 4 rings (SSSR count). The van der Waals surface area contributed by atoms with Crippen molar-refractivity contribution in [2.24, 2.45) is 11.1 Å².